The summed E-state index contributed by atoms with van der Waals surface area (Å²) >= 11 is 1.24. The Morgan fingerprint density at radius 2 is 1.74 bits per heavy atom. The van der Waals surface area contributed by atoms with Gasteiger partial charge in [0.15, 0.2) is 0 Å². The van der Waals surface area contributed by atoms with E-state index in [4.69, 9.17) is 0 Å². The van der Waals surface area contributed by atoms with E-state index in [0.29, 0.717) is 4.88 Å². The molecular weight excluding hydrogens is 386 g/mol. The number of hydrogen-bond donors (Lipinski definition) is 3. The van der Waals surface area contributed by atoms with Gasteiger partial charge in [0.25, 0.3) is 11.8 Å². The number of aryl methyl sites for hydroxylation is 1. The Hall–Kier alpha value is -2.23. The molecule has 0 aliphatic heterocycles. The highest BCUT2D eigenvalue weighted by Gasteiger charge is 2.27. The van der Waals surface area contributed by atoms with Gasteiger partial charge in [-0.15, -0.1) is 11.3 Å². The maximum atomic E-state index is 12.6. The Morgan fingerprint density at radius 1 is 1.07 bits per heavy atom. The average molecular weight is 410 g/mol. The van der Waals surface area contributed by atoms with Crippen molar-refractivity contribution in [3.05, 3.63) is 52.2 Å². The summed E-state index contributed by atoms with van der Waals surface area (Å²) in [6.45, 7) is 5.62. The van der Waals surface area contributed by atoms with Gasteiger partial charge in [-0.25, -0.2) is 8.42 Å². The van der Waals surface area contributed by atoms with E-state index in [1.807, 2.05) is 20.8 Å². The van der Waals surface area contributed by atoms with Gasteiger partial charge < -0.3 is 0 Å². The van der Waals surface area contributed by atoms with Crippen LogP contribution in [-0.4, -0.2) is 26.3 Å². The molecule has 0 fully saturated rings. The van der Waals surface area contributed by atoms with Crippen LogP contribution in [-0.2, 0) is 14.8 Å². The molecule has 0 bridgehead atoms. The number of hydrogen-bond acceptors (Lipinski definition) is 5. The number of carbonyl (C=O) groups is 2. The third kappa shape index (κ3) is 6.16. The summed E-state index contributed by atoms with van der Waals surface area (Å²) in [5, 5.41) is 1.74. The number of benzene rings is 1. The van der Waals surface area contributed by atoms with E-state index < -0.39 is 27.9 Å². The van der Waals surface area contributed by atoms with E-state index in [0.717, 1.165) is 5.56 Å². The standard InChI is InChI=1S/C18H23N3O4S2/c1-12(2)11-15(17(22)19-20-18(23)16-5-4-10-26-16)21-27(24,25)14-8-6-13(3)7-9-14/h4-10,12,15,21H,11H2,1-3H3,(H,19,22)(H,20,23)/t15-/m0/s1. The second-order valence-electron chi connectivity index (χ2n) is 6.54. The van der Waals surface area contributed by atoms with Crippen LogP contribution in [0.5, 0.6) is 0 Å². The fraction of sp³-hybridized carbons (Fsp3) is 0.333. The molecule has 3 N–H and O–H groups in total. The van der Waals surface area contributed by atoms with Crippen molar-refractivity contribution in [2.45, 2.75) is 38.1 Å². The van der Waals surface area contributed by atoms with Gasteiger partial charge in [-0.3, -0.25) is 20.4 Å². The van der Waals surface area contributed by atoms with Gasteiger partial charge in [-0.05, 0) is 42.8 Å². The van der Waals surface area contributed by atoms with E-state index in [9.17, 15) is 18.0 Å². The molecule has 0 aliphatic carbocycles. The van der Waals surface area contributed by atoms with Crippen LogP contribution in [0.4, 0.5) is 0 Å². The minimum Gasteiger partial charge on any atom is -0.271 e. The molecule has 27 heavy (non-hydrogen) atoms. The van der Waals surface area contributed by atoms with Crippen LogP contribution in [0.2, 0.25) is 0 Å². The zero-order valence-electron chi connectivity index (χ0n) is 15.4. The number of thiophene rings is 1. The zero-order valence-corrected chi connectivity index (χ0v) is 17.0. The molecule has 7 nitrogen and oxygen atoms in total. The first-order valence-corrected chi connectivity index (χ1v) is 10.8. The number of nitrogens with one attached hydrogen (secondary N) is 3. The number of amides is 2. The summed E-state index contributed by atoms with van der Waals surface area (Å²) in [5.41, 5.74) is 5.54. The van der Waals surface area contributed by atoms with E-state index >= 15 is 0 Å². The molecule has 1 aromatic carbocycles. The highest BCUT2D eigenvalue weighted by Crippen LogP contribution is 2.13. The Kier molecular flexibility index (Phi) is 7.11. The summed E-state index contributed by atoms with van der Waals surface area (Å²) in [4.78, 5) is 24.9. The van der Waals surface area contributed by atoms with Crippen molar-refractivity contribution in [2.75, 3.05) is 0 Å². The van der Waals surface area contributed by atoms with Crippen molar-refractivity contribution in [2.24, 2.45) is 5.92 Å². The molecule has 0 unspecified atom stereocenters. The molecule has 0 saturated carbocycles. The molecule has 0 radical (unpaired) electrons. The number of carbonyl (C=O) groups excluding carboxylic acids is 2. The van der Waals surface area contributed by atoms with Crippen molar-refractivity contribution >= 4 is 33.2 Å². The maximum Gasteiger partial charge on any atom is 0.279 e. The van der Waals surface area contributed by atoms with Crippen LogP contribution in [0.3, 0.4) is 0 Å². The van der Waals surface area contributed by atoms with Crippen molar-refractivity contribution in [3.63, 3.8) is 0 Å². The van der Waals surface area contributed by atoms with E-state index in [1.54, 1.807) is 29.6 Å². The van der Waals surface area contributed by atoms with Gasteiger partial charge in [0.1, 0.15) is 6.04 Å². The van der Waals surface area contributed by atoms with Crippen LogP contribution < -0.4 is 15.6 Å². The Labute approximate surface area is 163 Å². The molecule has 2 amide bonds. The summed E-state index contributed by atoms with van der Waals surface area (Å²) in [6, 6.07) is 8.68. The first-order valence-electron chi connectivity index (χ1n) is 8.41. The second-order valence-corrected chi connectivity index (χ2v) is 9.20. The summed E-state index contributed by atoms with van der Waals surface area (Å²) in [6.07, 6.45) is 0.284. The lowest BCUT2D eigenvalue weighted by Crippen LogP contribution is -2.52. The van der Waals surface area contributed by atoms with Crippen LogP contribution in [0.1, 0.15) is 35.5 Å². The lowest BCUT2D eigenvalue weighted by molar-refractivity contribution is -0.123. The van der Waals surface area contributed by atoms with Crippen molar-refractivity contribution in [1.29, 1.82) is 0 Å². The third-order valence-electron chi connectivity index (χ3n) is 3.70. The molecule has 0 aliphatic rings. The maximum absolute atomic E-state index is 12.6. The molecule has 0 spiro atoms. The van der Waals surface area contributed by atoms with Gasteiger partial charge in [0, 0.05) is 0 Å². The fourth-order valence-electron chi connectivity index (χ4n) is 2.33. The molecule has 1 aromatic heterocycles. The first-order chi connectivity index (χ1) is 12.7. The first kappa shape index (κ1) is 21.1. The predicted octanol–water partition coefficient (Wildman–Crippen LogP) is 2.21. The smallest absolute Gasteiger partial charge is 0.271 e. The highest BCUT2D eigenvalue weighted by atomic mass is 32.2. The molecule has 9 heteroatoms. The molecule has 146 valence electrons. The van der Waals surface area contributed by atoms with Crippen LogP contribution >= 0.6 is 11.3 Å². The van der Waals surface area contributed by atoms with Gasteiger partial charge in [0.2, 0.25) is 10.0 Å². The molecule has 1 heterocycles. The summed E-state index contributed by atoms with van der Waals surface area (Å²) < 4.78 is 27.6. The number of rotatable bonds is 7. The third-order valence-corrected chi connectivity index (χ3v) is 6.05. The van der Waals surface area contributed by atoms with Crippen LogP contribution in [0.15, 0.2) is 46.7 Å². The van der Waals surface area contributed by atoms with Gasteiger partial charge in [-0.1, -0.05) is 37.6 Å². The second kappa shape index (κ2) is 9.12. The van der Waals surface area contributed by atoms with Crippen LogP contribution in [0.25, 0.3) is 0 Å². The lowest BCUT2D eigenvalue weighted by Gasteiger charge is -2.20. The number of hydrazine groups is 1. The number of sulfonamides is 1. The Balaban J connectivity index is 2.08. The minimum absolute atomic E-state index is 0.0643. The Morgan fingerprint density at radius 3 is 2.30 bits per heavy atom. The monoisotopic (exact) mass is 409 g/mol. The molecule has 2 aromatic rings. The summed E-state index contributed by atoms with van der Waals surface area (Å²) in [7, 11) is -3.87. The molecule has 0 saturated heterocycles. The van der Waals surface area contributed by atoms with E-state index in [2.05, 4.69) is 15.6 Å². The lowest BCUT2D eigenvalue weighted by atomic mass is 10.0. The van der Waals surface area contributed by atoms with Gasteiger partial charge in [0.05, 0.1) is 9.77 Å². The SMILES string of the molecule is Cc1ccc(S(=O)(=O)N[C@@H](CC(C)C)C(=O)NNC(=O)c2cccs2)cc1. The zero-order chi connectivity index (χ0) is 20.0. The molecular formula is C18H23N3O4S2. The summed E-state index contributed by atoms with van der Waals surface area (Å²) in [5.74, 6) is -1.01. The fourth-order valence-corrected chi connectivity index (χ4v) is 4.15. The average Bonchev–Trinajstić information content (AvgIpc) is 3.13. The van der Waals surface area contributed by atoms with Gasteiger partial charge >= 0.3 is 0 Å². The van der Waals surface area contributed by atoms with Crippen molar-refractivity contribution in [1.82, 2.24) is 15.6 Å². The highest BCUT2D eigenvalue weighted by molar-refractivity contribution is 7.89. The largest absolute Gasteiger partial charge is 0.279 e. The van der Waals surface area contributed by atoms with Crippen molar-refractivity contribution in [3.8, 4) is 0 Å². The van der Waals surface area contributed by atoms with E-state index in [1.165, 1.54) is 23.5 Å². The molecule has 1 atom stereocenters. The van der Waals surface area contributed by atoms with Gasteiger partial charge in [-0.2, -0.15) is 4.72 Å². The minimum atomic E-state index is -3.87. The topological polar surface area (TPSA) is 104 Å². The molecule has 2 rings (SSSR count). The quantitative estimate of drug-likeness (QED) is 0.610. The Bertz CT molecular complexity index is 876. The van der Waals surface area contributed by atoms with Crippen LogP contribution in [0, 0.1) is 12.8 Å². The normalized spacial score (nSPS) is 12.6. The van der Waals surface area contributed by atoms with Crippen molar-refractivity contribution < 1.29 is 18.0 Å². The van der Waals surface area contributed by atoms with E-state index in [-0.39, 0.29) is 17.2 Å². The predicted molar refractivity (Wildman–Crippen MR) is 105 cm³/mol.